The lowest BCUT2D eigenvalue weighted by atomic mass is 10.0. The van der Waals surface area contributed by atoms with Gasteiger partial charge in [0.2, 0.25) is 0 Å². The number of furan rings is 1. The Labute approximate surface area is 127 Å². The highest BCUT2D eigenvalue weighted by Crippen LogP contribution is 2.30. The van der Waals surface area contributed by atoms with Crippen LogP contribution in [0.1, 0.15) is 17.4 Å². The predicted molar refractivity (Wildman–Crippen MR) is 85.3 cm³/mol. The molecule has 2 aromatic carbocycles. The maximum absolute atomic E-state index is 13.8. The summed E-state index contributed by atoms with van der Waals surface area (Å²) < 4.78 is 19.5. The van der Waals surface area contributed by atoms with E-state index in [1.54, 1.807) is 17.8 Å². The van der Waals surface area contributed by atoms with Crippen LogP contribution in [0, 0.1) is 5.82 Å². The second-order valence-corrected chi connectivity index (χ2v) is 5.68. The molecule has 1 heterocycles. The van der Waals surface area contributed by atoms with Gasteiger partial charge < -0.3 is 9.73 Å². The molecule has 0 amide bonds. The Balaban J connectivity index is 2.02. The standard InChI is InChI=1S/C17H16FNOS/c1-19-16(11-6-8-13(21-2)9-7-11)15-10-12-4-3-5-14(18)17(12)20-15/h3-10,16,19H,1-2H3. The average molecular weight is 301 g/mol. The molecule has 0 saturated heterocycles. The number of halogens is 1. The monoisotopic (exact) mass is 301 g/mol. The molecule has 1 aromatic heterocycles. The van der Waals surface area contributed by atoms with Crippen molar-refractivity contribution in [2.45, 2.75) is 10.9 Å². The van der Waals surface area contributed by atoms with Crippen molar-refractivity contribution in [3.05, 3.63) is 65.7 Å². The highest BCUT2D eigenvalue weighted by Gasteiger charge is 2.18. The Bertz CT molecular complexity index is 751. The summed E-state index contributed by atoms with van der Waals surface area (Å²) >= 11 is 1.70. The lowest BCUT2D eigenvalue weighted by molar-refractivity contribution is 0.476. The molecule has 0 aliphatic rings. The Kier molecular flexibility index (Phi) is 3.99. The van der Waals surface area contributed by atoms with E-state index in [9.17, 15) is 4.39 Å². The maximum Gasteiger partial charge on any atom is 0.169 e. The van der Waals surface area contributed by atoms with Gasteiger partial charge in [-0.1, -0.05) is 24.3 Å². The number of nitrogens with one attached hydrogen (secondary N) is 1. The molecule has 0 fully saturated rings. The third-order valence-corrected chi connectivity index (χ3v) is 4.28. The SMILES string of the molecule is CNC(c1ccc(SC)cc1)c1cc2cccc(F)c2o1. The first-order chi connectivity index (χ1) is 10.2. The van der Waals surface area contributed by atoms with Crippen LogP contribution in [0.5, 0.6) is 0 Å². The molecular weight excluding hydrogens is 285 g/mol. The number of benzene rings is 2. The second kappa shape index (κ2) is 5.92. The van der Waals surface area contributed by atoms with E-state index in [4.69, 9.17) is 4.42 Å². The minimum atomic E-state index is -0.327. The van der Waals surface area contributed by atoms with E-state index >= 15 is 0 Å². The molecule has 1 atom stereocenters. The van der Waals surface area contributed by atoms with Gasteiger partial charge in [0.25, 0.3) is 0 Å². The summed E-state index contributed by atoms with van der Waals surface area (Å²) in [4.78, 5) is 1.21. The van der Waals surface area contributed by atoms with E-state index in [1.807, 2.05) is 25.4 Å². The summed E-state index contributed by atoms with van der Waals surface area (Å²) in [5.41, 5.74) is 1.41. The fourth-order valence-electron chi connectivity index (χ4n) is 2.46. The van der Waals surface area contributed by atoms with E-state index in [2.05, 4.69) is 29.6 Å². The molecule has 0 spiro atoms. The number of hydrogen-bond acceptors (Lipinski definition) is 3. The summed E-state index contributed by atoms with van der Waals surface area (Å²) in [5, 5.41) is 4.01. The summed E-state index contributed by atoms with van der Waals surface area (Å²) in [7, 11) is 1.87. The van der Waals surface area contributed by atoms with Gasteiger partial charge >= 0.3 is 0 Å². The van der Waals surface area contributed by atoms with E-state index in [0.717, 1.165) is 16.7 Å². The molecule has 21 heavy (non-hydrogen) atoms. The van der Waals surface area contributed by atoms with Gasteiger partial charge in [0.15, 0.2) is 11.4 Å². The lowest BCUT2D eigenvalue weighted by Gasteiger charge is -2.14. The Hall–Kier alpha value is -1.78. The van der Waals surface area contributed by atoms with Crippen LogP contribution in [0.25, 0.3) is 11.0 Å². The summed E-state index contributed by atoms with van der Waals surface area (Å²) in [6, 6.07) is 15.0. The first-order valence-corrected chi connectivity index (χ1v) is 7.94. The molecule has 108 valence electrons. The van der Waals surface area contributed by atoms with Crippen LogP contribution in [0.3, 0.4) is 0 Å². The van der Waals surface area contributed by atoms with Gasteiger partial charge in [-0.15, -0.1) is 11.8 Å². The number of thioether (sulfide) groups is 1. The summed E-state index contributed by atoms with van der Waals surface area (Å²) in [5.74, 6) is 0.390. The number of hydrogen-bond donors (Lipinski definition) is 1. The zero-order chi connectivity index (χ0) is 14.8. The van der Waals surface area contributed by atoms with Crippen molar-refractivity contribution in [3.8, 4) is 0 Å². The zero-order valence-corrected chi connectivity index (χ0v) is 12.7. The van der Waals surface area contributed by atoms with Crippen LogP contribution in [0.15, 0.2) is 57.8 Å². The van der Waals surface area contributed by atoms with Gasteiger partial charge in [0, 0.05) is 10.3 Å². The highest BCUT2D eigenvalue weighted by molar-refractivity contribution is 7.98. The number of rotatable bonds is 4. The molecule has 2 nitrogen and oxygen atoms in total. The van der Waals surface area contributed by atoms with E-state index < -0.39 is 0 Å². The predicted octanol–water partition coefficient (Wildman–Crippen LogP) is 4.60. The van der Waals surface area contributed by atoms with Gasteiger partial charge in [0.1, 0.15) is 5.76 Å². The third-order valence-electron chi connectivity index (χ3n) is 3.54. The van der Waals surface area contributed by atoms with Crippen LogP contribution in [0.2, 0.25) is 0 Å². The van der Waals surface area contributed by atoms with Crippen molar-refractivity contribution in [3.63, 3.8) is 0 Å². The zero-order valence-electron chi connectivity index (χ0n) is 11.9. The van der Waals surface area contributed by atoms with Crippen molar-refractivity contribution in [2.24, 2.45) is 0 Å². The normalized spacial score (nSPS) is 12.7. The van der Waals surface area contributed by atoms with Crippen LogP contribution in [-0.4, -0.2) is 13.3 Å². The van der Waals surface area contributed by atoms with Crippen LogP contribution in [0.4, 0.5) is 4.39 Å². The van der Waals surface area contributed by atoms with Gasteiger partial charge in [-0.25, -0.2) is 4.39 Å². The van der Waals surface area contributed by atoms with Crippen molar-refractivity contribution >= 4 is 22.7 Å². The maximum atomic E-state index is 13.8. The highest BCUT2D eigenvalue weighted by atomic mass is 32.2. The molecule has 0 aliphatic carbocycles. The quantitative estimate of drug-likeness (QED) is 0.713. The second-order valence-electron chi connectivity index (χ2n) is 4.80. The molecule has 1 N–H and O–H groups in total. The smallest absolute Gasteiger partial charge is 0.169 e. The first kappa shape index (κ1) is 14.2. The van der Waals surface area contributed by atoms with Gasteiger partial charge in [-0.2, -0.15) is 0 Å². The molecule has 3 aromatic rings. The third kappa shape index (κ3) is 2.69. The number of para-hydroxylation sites is 1. The molecular formula is C17H16FNOS. The summed E-state index contributed by atoms with van der Waals surface area (Å²) in [6.45, 7) is 0. The fraction of sp³-hybridized carbons (Fsp3) is 0.176. The van der Waals surface area contributed by atoms with Crippen LogP contribution >= 0.6 is 11.8 Å². The molecule has 0 saturated carbocycles. The van der Waals surface area contributed by atoms with E-state index in [-0.39, 0.29) is 11.9 Å². The van der Waals surface area contributed by atoms with E-state index in [1.165, 1.54) is 11.0 Å². The fourth-order valence-corrected chi connectivity index (χ4v) is 2.87. The van der Waals surface area contributed by atoms with Crippen molar-refractivity contribution in [2.75, 3.05) is 13.3 Å². The first-order valence-electron chi connectivity index (χ1n) is 6.72. The molecule has 0 bridgehead atoms. The minimum Gasteiger partial charge on any atom is -0.456 e. The molecule has 4 heteroatoms. The van der Waals surface area contributed by atoms with E-state index in [0.29, 0.717) is 5.58 Å². The summed E-state index contributed by atoms with van der Waals surface area (Å²) in [6.07, 6.45) is 2.05. The van der Waals surface area contributed by atoms with Gasteiger partial charge in [-0.3, -0.25) is 0 Å². The van der Waals surface area contributed by atoms with Crippen LogP contribution < -0.4 is 5.32 Å². The molecule has 0 aliphatic heterocycles. The number of fused-ring (bicyclic) bond motifs is 1. The van der Waals surface area contributed by atoms with Crippen molar-refractivity contribution in [1.29, 1.82) is 0 Å². The Morgan fingerprint density at radius 3 is 2.52 bits per heavy atom. The van der Waals surface area contributed by atoms with Crippen molar-refractivity contribution in [1.82, 2.24) is 5.32 Å². The van der Waals surface area contributed by atoms with Crippen molar-refractivity contribution < 1.29 is 8.81 Å². The Morgan fingerprint density at radius 2 is 1.90 bits per heavy atom. The topological polar surface area (TPSA) is 25.2 Å². The molecule has 1 unspecified atom stereocenters. The van der Waals surface area contributed by atoms with Gasteiger partial charge in [0.05, 0.1) is 6.04 Å². The van der Waals surface area contributed by atoms with Gasteiger partial charge in [-0.05, 0) is 43.1 Å². The molecule has 3 rings (SSSR count). The lowest BCUT2D eigenvalue weighted by Crippen LogP contribution is -2.16. The molecule has 0 radical (unpaired) electrons. The largest absolute Gasteiger partial charge is 0.456 e. The average Bonchev–Trinajstić information content (AvgIpc) is 2.94. The Morgan fingerprint density at radius 1 is 1.14 bits per heavy atom. The minimum absolute atomic E-state index is 0.0901. The van der Waals surface area contributed by atoms with Crippen LogP contribution in [-0.2, 0) is 0 Å².